The molecule has 0 atom stereocenters. The minimum Gasteiger partial charge on any atom is -0.485 e. The number of hydrogen-bond acceptors (Lipinski definition) is 2. The smallest absolute Gasteiger partial charge is 0.141 e. The van der Waals surface area contributed by atoms with Crippen LogP contribution in [0.3, 0.4) is 0 Å². The second-order valence-corrected chi connectivity index (χ2v) is 3.26. The van der Waals surface area contributed by atoms with Gasteiger partial charge in [-0.1, -0.05) is 23.8 Å². The maximum absolute atomic E-state index is 12.7. The van der Waals surface area contributed by atoms with E-state index in [0.717, 1.165) is 0 Å². The molecule has 0 heterocycles. The van der Waals surface area contributed by atoms with Crippen molar-refractivity contribution >= 4 is 28.8 Å². The molecule has 1 rings (SSSR count). The molecule has 0 aliphatic heterocycles. The predicted molar refractivity (Wildman–Crippen MR) is 53.7 cm³/mol. The van der Waals surface area contributed by atoms with Crippen LogP contribution in [0.15, 0.2) is 18.2 Å². The Labute approximate surface area is 85.4 Å². The van der Waals surface area contributed by atoms with E-state index in [9.17, 15) is 4.39 Å². The van der Waals surface area contributed by atoms with Gasteiger partial charge in [0.1, 0.15) is 23.2 Å². The minimum atomic E-state index is -0.415. The van der Waals surface area contributed by atoms with Gasteiger partial charge in [-0.2, -0.15) is 0 Å². The average Bonchev–Trinajstić information content (AvgIpc) is 2.06. The summed E-state index contributed by atoms with van der Waals surface area (Å²) in [5.41, 5.74) is 5.20. The van der Waals surface area contributed by atoms with E-state index in [4.69, 9.17) is 22.1 Å². The highest BCUT2D eigenvalue weighted by molar-refractivity contribution is 7.80. The number of nitrogens with two attached hydrogens (primary N) is 1. The summed E-state index contributed by atoms with van der Waals surface area (Å²) in [6.07, 6.45) is 0. The van der Waals surface area contributed by atoms with Crippen molar-refractivity contribution in [1.82, 2.24) is 0 Å². The first-order valence-electron chi connectivity index (χ1n) is 3.46. The number of thiocarbonyl (C=S) groups is 1. The van der Waals surface area contributed by atoms with E-state index in [1.54, 1.807) is 0 Å². The lowest BCUT2D eigenvalue weighted by molar-refractivity contribution is 0.375. The molecule has 0 aliphatic rings. The van der Waals surface area contributed by atoms with Crippen molar-refractivity contribution in [3.05, 3.63) is 29.0 Å². The summed E-state index contributed by atoms with van der Waals surface area (Å²) in [6.45, 7) is 0.0541. The van der Waals surface area contributed by atoms with Crippen LogP contribution in [0.2, 0.25) is 5.02 Å². The lowest BCUT2D eigenvalue weighted by Crippen LogP contribution is -2.17. The molecule has 0 spiro atoms. The van der Waals surface area contributed by atoms with Crippen LogP contribution in [-0.4, -0.2) is 11.6 Å². The topological polar surface area (TPSA) is 35.2 Å². The summed E-state index contributed by atoms with van der Waals surface area (Å²) in [7, 11) is 0. The quantitative estimate of drug-likeness (QED) is 0.792. The molecular formula is C8H7ClFNOS. The highest BCUT2D eigenvalue weighted by Gasteiger charge is 2.03. The third-order valence-electron chi connectivity index (χ3n) is 1.26. The van der Waals surface area contributed by atoms with Gasteiger partial charge in [-0.05, 0) is 12.1 Å². The molecule has 0 saturated carbocycles. The van der Waals surface area contributed by atoms with Crippen molar-refractivity contribution in [2.24, 2.45) is 5.73 Å². The standard InChI is InChI=1S/C8H7ClFNOS/c9-6-2-1-5(10)3-7(6)12-4-8(11)13/h1-3H,4H2,(H2,11,13). The number of hydrogen-bond donors (Lipinski definition) is 1. The first-order valence-corrected chi connectivity index (χ1v) is 4.24. The van der Waals surface area contributed by atoms with Gasteiger partial charge in [-0.25, -0.2) is 4.39 Å². The summed E-state index contributed by atoms with van der Waals surface area (Å²) in [4.78, 5) is 0.195. The SMILES string of the molecule is NC(=S)COc1cc(F)ccc1Cl. The third-order valence-corrected chi connectivity index (χ3v) is 1.69. The molecule has 0 fully saturated rings. The van der Waals surface area contributed by atoms with Gasteiger partial charge in [0.05, 0.1) is 5.02 Å². The molecule has 0 radical (unpaired) electrons. The molecule has 0 aromatic heterocycles. The lowest BCUT2D eigenvalue weighted by Gasteiger charge is -2.06. The highest BCUT2D eigenvalue weighted by atomic mass is 35.5. The van der Waals surface area contributed by atoms with Crippen LogP contribution >= 0.6 is 23.8 Å². The Balaban J connectivity index is 2.75. The summed E-state index contributed by atoms with van der Waals surface area (Å²) in [6, 6.07) is 3.84. The number of rotatable bonds is 3. The first-order chi connectivity index (χ1) is 6.09. The van der Waals surface area contributed by atoms with Gasteiger partial charge in [0.2, 0.25) is 0 Å². The zero-order valence-electron chi connectivity index (χ0n) is 6.59. The van der Waals surface area contributed by atoms with E-state index in [-0.39, 0.29) is 17.3 Å². The van der Waals surface area contributed by atoms with Gasteiger partial charge in [0.15, 0.2) is 0 Å². The van der Waals surface area contributed by atoms with Gasteiger partial charge >= 0.3 is 0 Å². The van der Waals surface area contributed by atoms with Crippen molar-refractivity contribution in [3.8, 4) is 5.75 Å². The number of halogens is 2. The molecule has 2 N–H and O–H groups in total. The van der Waals surface area contributed by atoms with Gasteiger partial charge in [-0.3, -0.25) is 0 Å². The lowest BCUT2D eigenvalue weighted by atomic mass is 10.3. The normalized spacial score (nSPS) is 9.69. The van der Waals surface area contributed by atoms with Crippen molar-refractivity contribution in [3.63, 3.8) is 0 Å². The van der Waals surface area contributed by atoms with Gasteiger partial charge in [0.25, 0.3) is 0 Å². The van der Waals surface area contributed by atoms with E-state index >= 15 is 0 Å². The van der Waals surface area contributed by atoms with Crippen molar-refractivity contribution in [2.75, 3.05) is 6.61 Å². The maximum atomic E-state index is 12.7. The second-order valence-electron chi connectivity index (χ2n) is 2.33. The van der Waals surface area contributed by atoms with E-state index in [0.29, 0.717) is 5.02 Å². The summed E-state index contributed by atoms with van der Waals surface area (Å²) < 4.78 is 17.7. The van der Waals surface area contributed by atoms with Crippen LogP contribution in [0.5, 0.6) is 5.75 Å². The number of ether oxygens (including phenoxy) is 1. The van der Waals surface area contributed by atoms with Crippen LogP contribution in [-0.2, 0) is 0 Å². The molecule has 0 amide bonds. The average molecular weight is 220 g/mol. The molecule has 1 aromatic rings. The molecule has 0 unspecified atom stereocenters. The van der Waals surface area contributed by atoms with Crippen LogP contribution in [0.1, 0.15) is 0 Å². The molecule has 70 valence electrons. The van der Waals surface area contributed by atoms with Crippen molar-refractivity contribution in [2.45, 2.75) is 0 Å². The Morgan fingerprint density at radius 1 is 1.62 bits per heavy atom. The van der Waals surface area contributed by atoms with Crippen LogP contribution in [0.25, 0.3) is 0 Å². The Hall–Kier alpha value is -0.870. The molecule has 13 heavy (non-hydrogen) atoms. The molecule has 2 nitrogen and oxygen atoms in total. The Morgan fingerprint density at radius 2 is 2.31 bits per heavy atom. The molecule has 0 saturated heterocycles. The Morgan fingerprint density at radius 3 is 2.92 bits per heavy atom. The van der Waals surface area contributed by atoms with Crippen LogP contribution in [0.4, 0.5) is 4.39 Å². The minimum absolute atomic E-state index is 0.0541. The molecule has 1 aromatic carbocycles. The zero-order chi connectivity index (χ0) is 9.84. The zero-order valence-corrected chi connectivity index (χ0v) is 8.16. The van der Waals surface area contributed by atoms with E-state index in [1.807, 2.05) is 0 Å². The summed E-state index contributed by atoms with van der Waals surface area (Å²) in [5.74, 6) is -0.170. The maximum Gasteiger partial charge on any atom is 0.141 e. The van der Waals surface area contributed by atoms with E-state index in [2.05, 4.69) is 12.2 Å². The molecule has 0 bridgehead atoms. The van der Waals surface area contributed by atoms with E-state index in [1.165, 1.54) is 18.2 Å². The summed E-state index contributed by atoms with van der Waals surface area (Å²) in [5, 5.41) is 0.331. The highest BCUT2D eigenvalue weighted by Crippen LogP contribution is 2.24. The fourth-order valence-corrected chi connectivity index (χ4v) is 0.968. The van der Waals surface area contributed by atoms with Gasteiger partial charge in [0, 0.05) is 6.07 Å². The molecular weight excluding hydrogens is 213 g/mol. The fraction of sp³-hybridized carbons (Fsp3) is 0.125. The molecule has 0 aliphatic carbocycles. The van der Waals surface area contributed by atoms with Gasteiger partial charge < -0.3 is 10.5 Å². The molecule has 5 heteroatoms. The summed E-state index contributed by atoms with van der Waals surface area (Å²) >= 11 is 10.3. The fourth-order valence-electron chi connectivity index (χ4n) is 0.737. The second kappa shape index (κ2) is 4.39. The van der Waals surface area contributed by atoms with Crippen molar-refractivity contribution in [1.29, 1.82) is 0 Å². The van der Waals surface area contributed by atoms with Crippen LogP contribution in [0, 0.1) is 5.82 Å². The Bertz CT molecular complexity index is 332. The third kappa shape index (κ3) is 3.16. The van der Waals surface area contributed by atoms with Crippen LogP contribution < -0.4 is 10.5 Å². The monoisotopic (exact) mass is 219 g/mol. The predicted octanol–water partition coefficient (Wildman–Crippen LogP) is 2.14. The van der Waals surface area contributed by atoms with Gasteiger partial charge in [-0.15, -0.1) is 0 Å². The Kier molecular flexibility index (Phi) is 3.45. The number of benzene rings is 1. The largest absolute Gasteiger partial charge is 0.485 e. The van der Waals surface area contributed by atoms with Crippen molar-refractivity contribution < 1.29 is 9.13 Å². The van der Waals surface area contributed by atoms with E-state index < -0.39 is 5.82 Å². The first kappa shape index (κ1) is 10.2.